The molecule has 0 fully saturated rings. The van der Waals surface area contributed by atoms with Gasteiger partial charge < -0.3 is 9.88 Å². The van der Waals surface area contributed by atoms with E-state index in [1.807, 2.05) is 0 Å². The van der Waals surface area contributed by atoms with Crippen molar-refractivity contribution in [2.45, 2.75) is 45.8 Å². The number of H-pyrrole nitrogens is 1. The molecule has 0 aliphatic rings. The van der Waals surface area contributed by atoms with Gasteiger partial charge in [0.15, 0.2) is 5.43 Å². The number of aryl methyl sites for hydroxylation is 1. The Bertz CT molecular complexity index is 548. The number of rotatable bonds is 5. The van der Waals surface area contributed by atoms with E-state index in [1.54, 1.807) is 20.8 Å². The Morgan fingerprint density at radius 1 is 1.33 bits per heavy atom. The largest absolute Gasteiger partial charge is 0.406 e. The number of halogens is 3. The summed E-state index contributed by atoms with van der Waals surface area (Å²) >= 11 is 0. The van der Waals surface area contributed by atoms with Crippen LogP contribution in [-0.2, 0) is 0 Å². The van der Waals surface area contributed by atoms with Gasteiger partial charge in [-0.25, -0.2) is 0 Å². The van der Waals surface area contributed by atoms with Gasteiger partial charge in [-0.15, -0.1) is 0 Å². The van der Waals surface area contributed by atoms with Crippen LogP contribution in [0.3, 0.4) is 0 Å². The van der Waals surface area contributed by atoms with Crippen LogP contribution >= 0.6 is 0 Å². The van der Waals surface area contributed by atoms with Crippen molar-refractivity contribution in [1.29, 1.82) is 0 Å². The first-order valence-electron chi connectivity index (χ1n) is 6.76. The summed E-state index contributed by atoms with van der Waals surface area (Å²) in [7, 11) is 0. The molecule has 1 aromatic heterocycles. The molecule has 0 atom stereocenters. The number of alkyl halides is 3. The van der Waals surface area contributed by atoms with Gasteiger partial charge in [0, 0.05) is 24.0 Å². The molecule has 0 spiro atoms. The molecule has 0 saturated heterocycles. The Kier molecular flexibility index (Phi) is 5.57. The van der Waals surface area contributed by atoms with E-state index in [0.29, 0.717) is 18.5 Å². The third-order valence-corrected chi connectivity index (χ3v) is 3.28. The smallest absolute Gasteiger partial charge is 0.364 e. The minimum atomic E-state index is -4.50. The molecule has 1 N–H and O–H groups in total. The number of carbonyl (C=O) groups is 1. The van der Waals surface area contributed by atoms with E-state index in [1.165, 1.54) is 12.3 Å². The summed E-state index contributed by atoms with van der Waals surface area (Å²) in [6.45, 7) is 3.70. The fourth-order valence-corrected chi connectivity index (χ4v) is 2.18. The van der Waals surface area contributed by atoms with Crippen molar-refractivity contribution < 1.29 is 18.0 Å². The lowest BCUT2D eigenvalue weighted by molar-refractivity contribution is -0.144. The van der Waals surface area contributed by atoms with E-state index in [9.17, 15) is 22.8 Å². The summed E-state index contributed by atoms with van der Waals surface area (Å²) < 4.78 is 38.1. The normalized spacial score (nSPS) is 11.8. The minimum absolute atomic E-state index is 0.267. The molecule has 0 unspecified atom stereocenters. The number of nitrogens with zero attached hydrogens (tertiary/aromatic N) is 1. The molecule has 0 aromatic carbocycles. The molecule has 1 rings (SSSR count). The monoisotopic (exact) mass is 304 g/mol. The first kappa shape index (κ1) is 17.3. The van der Waals surface area contributed by atoms with Gasteiger partial charge in [0.1, 0.15) is 12.1 Å². The van der Waals surface area contributed by atoms with Crippen molar-refractivity contribution in [1.82, 2.24) is 9.88 Å². The van der Waals surface area contributed by atoms with Crippen LogP contribution in [0.1, 0.15) is 42.7 Å². The average molecular weight is 304 g/mol. The maximum atomic E-state index is 12.7. The SMILES string of the molecule is CCC(CC)N(CC(F)(F)F)C(=O)c1c[nH]c(C)cc1=O. The minimum Gasteiger partial charge on any atom is -0.364 e. The maximum absolute atomic E-state index is 12.7. The third-order valence-electron chi connectivity index (χ3n) is 3.28. The van der Waals surface area contributed by atoms with Crippen LogP contribution in [0.4, 0.5) is 13.2 Å². The van der Waals surface area contributed by atoms with E-state index in [4.69, 9.17) is 0 Å². The number of nitrogens with one attached hydrogen (secondary N) is 1. The van der Waals surface area contributed by atoms with Crippen LogP contribution in [-0.4, -0.2) is 34.6 Å². The predicted molar refractivity (Wildman–Crippen MR) is 73.3 cm³/mol. The number of hydrogen-bond acceptors (Lipinski definition) is 2. The molecule has 0 aliphatic carbocycles. The average Bonchev–Trinajstić information content (AvgIpc) is 2.37. The lowest BCUT2D eigenvalue weighted by atomic mass is 10.1. The molecule has 0 bridgehead atoms. The van der Waals surface area contributed by atoms with E-state index in [-0.39, 0.29) is 5.56 Å². The van der Waals surface area contributed by atoms with Crippen molar-refractivity contribution >= 4 is 5.91 Å². The van der Waals surface area contributed by atoms with Crippen molar-refractivity contribution in [3.05, 3.63) is 33.7 Å². The number of aromatic amines is 1. The van der Waals surface area contributed by atoms with Gasteiger partial charge in [0.25, 0.3) is 5.91 Å². The van der Waals surface area contributed by atoms with Gasteiger partial charge in [-0.1, -0.05) is 13.8 Å². The highest BCUT2D eigenvalue weighted by Gasteiger charge is 2.36. The van der Waals surface area contributed by atoms with Crippen LogP contribution in [0.2, 0.25) is 0 Å². The molecule has 118 valence electrons. The van der Waals surface area contributed by atoms with Gasteiger partial charge >= 0.3 is 6.18 Å². The standard InChI is InChI=1S/C14H19F3N2O2/c1-4-10(5-2)19(8-14(15,16)17)13(21)11-7-18-9(3)6-12(11)20/h6-7,10H,4-5,8H2,1-3H3,(H,18,20). The van der Waals surface area contributed by atoms with Gasteiger partial charge in [-0.3, -0.25) is 9.59 Å². The first-order valence-corrected chi connectivity index (χ1v) is 6.76. The Morgan fingerprint density at radius 3 is 2.33 bits per heavy atom. The topological polar surface area (TPSA) is 53.2 Å². The van der Waals surface area contributed by atoms with Gasteiger partial charge in [-0.05, 0) is 19.8 Å². The van der Waals surface area contributed by atoms with Crippen LogP contribution < -0.4 is 5.43 Å². The van der Waals surface area contributed by atoms with Crippen molar-refractivity contribution in [2.24, 2.45) is 0 Å². The van der Waals surface area contributed by atoms with Crippen LogP contribution in [0, 0.1) is 6.92 Å². The second kappa shape index (κ2) is 6.78. The predicted octanol–water partition coefficient (Wildman–Crippen LogP) is 2.88. The Morgan fingerprint density at radius 2 is 1.90 bits per heavy atom. The van der Waals surface area contributed by atoms with Gasteiger partial charge in [0.05, 0.1) is 0 Å². The second-order valence-corrected chi connectivity index (χ2v) is 4.91. The molecule has 1 aromatic rings. The van der Waals surface area contributed by atoms with Crippen LogP contribution in [0.15, 0.2) is 17.1 Å². The highest BCUT2D eigenvalue weighted by molar-refractivity contribution is 5.94. The molecular weight excluding hydrogens is 285 g/mol. The van der Waals surface area contributed by atoms with E-state index >= 15 is 0 Å². The zero-order valence-corrected chi connectivity index (χ0v) is 12.3. The number of aromatic nitrogens is 1. The molecule has 0 radical (unpaired) electrons. The van der Waals surface area contributed by atoms with Crippen molar-refractivity contribution in [3.8, 4) is 0 Å². The fraction of sp³-hybridized carbons (Fsp3) is 0.571. The number of amides is 1. The summed E-state index contributed by atoms with van der Waals surface area (Å²) in [5.41, 5.74) is -0.299. The molecular formula is C14H19F3N2O2. The van der Waals surface area contributed by atoms with E-state index < -0.39 is 30.1 Å². The molecule has 7 heteroatoms. The van der Waals surface area contributed by atoms with Gasteiger partial charge in [-0.2, -0.15) is 13.2 Å². The fourth-order valence-electron chi connectivity index (χ4n) is 2.18. The summed E-state index contributed by atoms with van der Waals surface area (Å²) in [6.07, 6.45) is -2.55. The Balaban J connectivity index is 3.18. The Hall–Kier alpha value is -1.79. The number of carbonyl (C=O) groups excluding carboxylic acids is 1. The van der Waals surface area contributed by atoms with Crippen LogP contribution in [0.25, 0.3) is 0 Å². The van der Waals surface area contributed by atoms with Gasteiger partial charge in [0.2, 0.25) is 0 Å². The second-order valence-electron chi connectivity index (χ2n) is 4.91. The van der Waals surface area contributed by atoms with Crippen molar-refractivity contribution in [3.63, 3.8) is 0 Å². The molecule has 0 saturated carbocycles. The molecule has 1 amide bonds. The first-order chi connectivity index (χ1) is 9.69. The third kappa shape index (κ3) is 4.61. The number of pyridine rings is 1. The quantitative estimate of drug-likeness (QED) is 0.909. The summed E-state index contributed by atoms with van der Waals surface area (Å²) in [5.74, 6) is -0.887. The van der Waals surface area contributed by atoms with E-state index in [2.05, 4.69) is 4.98 Å². The summed E-state index contributed by atoms with van der Waals surface area (Å²) in [5, 5.41) is 0. The molecule has 0 aliphatic heterocycles. The molecule has 1 heterocycles. The zero-order valence-electron chi connectivity index (χ0n) is 12.3. The van der Waals surface area contributed by atoms with Crippen molar-refractivity contribution in [2.75, 3.05) is 6.54 Å². The zero-order chi connectivity index (χ0) is 16.2. The summed E-state index contributed by atoms with van der Waals surface area (Å²) in [6, 6.07) is 0.645. The van der Waals surface area contributed by atoms with Crippen LogP contribution in [0.5, 0.6) is 0 Å². The summed E-state index contributed by atoms with van der Waals surface area (Å²) in [4.78, 5) is 27.5. The number of hydrogen-bond donors (Lipinski definition) is 1. The highest BCUT2D eigenvalue weighted by Crippen LogP contribution is 2.21. The Labute approximate surface area is 121 Å². The van der Waals surface area contributed by atoms with E-state index in [0.717, 1.165) is 4.90 Å². The molecule has 21 heavy (non-hydrogen) atoms. The molecule has 4 nitrogen and oxygen atoms in total. The maximum Gasteiger partial charge on any atom is 0.406 e. The lowest BCUT2D eigenvalue weighted by Crippen LogP contribution is -2.46. The highest BCUT2D eigenvalue weighted by atomic mass is 19.4. The lowest BCUT2D eigenvalue weighted by Gasteiger charge is -2.31.